The summed E-state index contributed by atoms with van der Waals surface area (Å²) in [6.07, 6.45) is 0. The Balaban J connectivity index is 2.39. The molecule has 0 unspecified atom stereocenters. The van der Waals surface area contributed by atoms with Crippen LogP contribution in [-0.2, 0) is 9.31 Å². The third kappa shape index (κ3) is 1.89. The Morgan fingerprint density at radius 3 is 2.06 bits per heavy atom. The molecular formula is C12H15BF2O3. The fraction of sp³-hybridized carbons (Fsp3) is 0.500. The normalized spacial score (nSPS) is 21.3. The molecule has 0 bridgehead atoms. The van der Waals surface area contributed by atoms with Gasteiger partial charge in [-0.05, 0) is 33.8 Å². The highest BCUT2D eigenvalue weighted by Gasteiger charge is 2.52. The first kappa shape index (κ1) is 13.3. The molecule has 98 valence electrons. The van der Waals surface area contributed by atoms with E-state index in [1.54, 1.807) is 0 Å². The van der Waals surface area contributed by atoms with Gasteiger partial charge in [0.25, 0.3) is 0 Å². The molecule has 0 aliphatic carbocycles. The zero-order valence-electron chi connectivity index (χ0n) is 10.8. The summed E-state index contributed by atoms with van der Waals surface area (Å²) in [6.45, 7) is 7.35. The van der Waals surface area contributed by atoms with Crippen LogP contribution in [0.15, 0.2) is 12.1 Å². The molecule has 0 radical (unpaired) electrons. The van der Waals surface area contributed by atoms with E-state index in [0.717, 1.165) is 6.07 Å². The van der Waals surface area contributed by atoms with Crippen LogP contribution >= 0.6 is 0 Å². The zero-order valence-corrected chi connectivity index (χ0v) is 10.8. The molecule has 1 aliphatic rings. The van der Waals surface area contributed by atoms with E-state index in [1.165, 1.54) is 6.07 Å². The van der Waals surface area contributed by atoms with Gasteiger partial charge in [-0.15, -0.1) is 0 Å². The minimum Gasteiger partial charge on any atom is -0.505 e. The summed E-state index contributed by atoms with van der Waals surface area (Å²) >= 11 is 0. The van der Waals surface area contributed by atoms with Gasteiger partial charge in [-0.25, -0.2) is 4.39 Å². The third-order valence-corrected chi connectivity index (χ3v) is 3.61. The minimum absolute atomic E-state index is 0.0903. The van der Waals surface area contributed by atoms with Gasteiger partial charge < -0.3 is 14.4 Å². The molecule has 0 spiro atoms. The molecule has 1 aromatic rings. The smallest absolute Gasteiger partial charge is 0.498 e. The third-order valence-electron chi connectivity index (χ3n) is 3.61. The lowest BCUT2D eigenvalue weighted by Crippen LogP contribution is -2.41. The van der Waals surface area contributed by atoms with E-state index in [9.17, 15) is 13.9 Å². The van der Waals surface area contributed by atoms with Crippen LogP contribution in [0.5, 0.6) is 5.75 Å². The summed E-state index contributed by atoms with van der Waals surface area (Å²) in [7, 11) is -0.912. The van der Waals surface area contributed by atoms with Crippen molar-refractivity contribution in [3.05, 3.63) is 23.8 Å². The number of phenols is 1. The van der Waals surface area contributed by atoms with E-state index >= 15 is 0 Å². The van der Waals surface area contributed by atoms with Crippen molar-refractivity contribution in [1.29, 1.82) is 0 Å². The molecule has 1 aliphatic heterocycles. The fourth-order valence-corrected chi connectivity index (χ4v) is 1.72. The van der Waals surface area contributed by atoms with Crippen molar-refractivity contribution in [2.24, 2.45) is 0 Å². The van der Waals surface area contributed by atoms with E-state index in [0.29, 0.717) is 0 Å². The lowest BCUT2D eigenvalue weighted by Gasteiger charge is -2.32. The number of rotatable bonds is 1. The molecule has 0 atom stereocenters. The molecule has 0 saturated carbocycles. The predicted molar refractivity (Wildman–Crippen MR) is 63.7 cm³/mol. The van der Waals surface area contributed by atoms with Crippen LogP contribution in [0.1, 0.15) is 27.7 Å². The molecule has 1 saturated heterocycles. The molecule has 1 fully saturated rings. The lowest BCUT2D eigenvalue weighted by molar-refractivity contribution is 0.00578. The van der Waals surface area contributed by atoms with Gasteiger partial charge in [0.2, 0.25) is 0 Å². The Hall–Kier alpha value is -1.14. The maximum atomic E-state index is 13.3. The van der Waals surface area contributed by atoms with Crippen LogP contribution in [0.25, 0.3) is 0 Å². The van der Waals surface area contributed by atoms with Crippen molar-refractivity contribution >= 4 is 12.6 Å². The van der Waals surface area contributed by atoms with Gasteiger partial charge in [0, 0.05) is 5.46 Å². The molecule has 3 nitrogen and oxygen atoms in total. The average Bonchev–Trinajstić information content (AvgIpc) is 2.45. The fourth-order valence-electron chi connectivity index (χ4n) is 1.72. The van der Waals surface area contributed by atoms with Crippen LogP contribution in [0.3, 0.4) is 0 Å². The topological polar surface area (TPSA) is 38.7 Å². The van der Waals surface area contributed by atoms with Crippen molar-refractivity contribution < 1.29 is 23.2 Å². The van der Waals surface area contributed by atoms with E-state index in [-0.39, 0.29) is 5.46 Å². The number of benzene rings is 1. The number of hydrogen-bond donors (Lipinski definition) is 1. The zero-order chi connectivity index (χ0) is 13.7. The molecule has 6 heteroatoms. The summed E-state index contributed by atoms with van der Waals surface area (Å²) in [6, 6.07) is 2.20. The highest BCUT2D eigenvalue weighted by molar-refractivity contribution is 6.63. The Kier molecular flexibility index (Phi) is 2.90. The number of hydrogen-bond acceptors (Lipinski definition) is 3. The quantitative estimate of drug-likeness (QED) is 0.780. The molecule has 0 aromatic heterocycles. The first-order valence-corrected chi connectivity index (χ1v) is 5.68. The summed E-state index contributed by atoms with van der Waals surface area (Å²) in [5.74, 6) is -3.16. The Labute approximate surface area is 105 Å². The molecule has 2 rings (SSSR count). The molecule has 1 aromatic carbocycles. The van der Waals surface area contributed by atoms with Crippen LogP contribution in [-0.4, -0.2) is 23.4 Å². The highest BCUT2D eigenvalue weighted by atomic mass is 19.2. The van der Waals surface area contributed by atoms with E-state index in [1.807, 2.05) is 27.7 Å². The van der Waals surface area contributed by atoms with E-state index in [2.05, 4.69) is 0 Å². The minimum atomic E-state index is -1.29. The first-order chi connectivity index (χ1) is 8.16. The second kappa shape index (κ2) is 3.93. The second-order valence-electron chi connectivity index (χ2n) is 5.39. The van der Waals surface area contributed by atoms with Crippen molar-refractivity contribution in [2.75, 3.05) is 0 Å². The second-order valence-corrected chi connectivity index (χ2v) is 5.39. The van der Waals surface area contributed by atoms with E-state index < -0.39 is 35.7 Å². The number of aromatic hydroxyl groups is 1. The van der Waals surface area contributed by atoms with Crippen LogP contribution in [0.4, 0.5) is 8.78 Å². The van der Waals surface area contributed by atoms with Gasteiger partial charge >= 0.3 is 7.12 Å². The number of halogens is 2. The van der Waals surface area contributed by atoms with Crippen LogP contribution < -0.4 is 5.46 Å². The Bertz CT molecular complexity index is 472. The average molecular weight is 256 g/mol. The SMILES string of the molecule is CC1(C)OB(c2ccc(F)c(F)c2O)OC1(C)C. The maximum Gasteiger partial charge on any atom is 0.498 e. The van der Waals surface area contributed by atoms with Gasteiger partial charge in [-0.3, -0.25) is 0 Å². The van der Waals surface area contributed by atoms with Crippen molar-refractivity contribution in [3.8, 4) is 5.75 Å². The van der Waals surface area contributed by atoms with Gasteiger partial charge in [0.1, 0.15) is 0 Å². The maximum absolute atomic E-state index is 13.3. The molecular weight excluding hydrogens is 241 g/mol. The van der Waals surface area contributed by atoms with Crippen LogP contribution in [0, 0.1) is 11.6 Å². The van der Waals surface area contributed by atoms with Crippen molar-refractivity contribution in [2.45, 2.75) is 38.9 Å². The molecule has 1 heterocycles. The molecule has 18 heavy (non-hydrogen) atoms. The summed E-state index contributed by atoms with van der Waals surface area (Å²) in [5.41, 5.74) is -1.11. The van der Waals surface area contributed by atoms with Gasteiger partial charge in [0.05, 0.1) is 11.2 Å². The highest BCUT2D eigenvalue weighted by Crippen LogP contribution is 2.37. The summed E-state index contributed by atoms with van der Waals surface area (Å²) in [4.78, 5) is 0. The Morgan fingerprint density at radius 1 is 1.06 bits per heavy atom. The Morgan fingerprint density at radius 2 is 1.56 bits per heavy atom. The van der Waals surface area contributed by atoms with Crippen molar-refractivity contribution in [3.63, 3.8) is 0 Å². The van der Waals surface area contributed by atoms with E-state index in [4.69, 9.17) is 9.31 Å². The lowest BCUT2D eigenvalue weighted by atomic mass is 9.78. The van der Waals surface area contributed by atoms with Gasteiger partial charge in [-0.2, -0.15) is 4.39 Å². The van der Waals surface area contributed by atoms with Crippen LogP contribution in [0.2, 0.25) is 0 Å². The summed E-state index contributed by atoms with van der Waals surface area (Å²) < 4.78 is 37.5. The predicted octanol–water partition coefficient (Wildman–Crippen LogP) is 1.97. The van der Waals surface area contributed by atoms with Gasteiger partial charge in [-0.1, -0.05) is 6.07 Å². The standard InChI is InChI=1S/C12H15BF2O3/c1-11(2)12(3,4)18-13(17-11)7-5-6-8(14)9(15)10(7)16/h5-6,16H,1-4H3. The summed E-state index contributed by atoms with van der Waals surface area (Å²) in [5, 5.41) is 9.60. The number of phenolic OH excluding ortho intramolecular Hbond substituents is 1. The van der Waals surface area contributed by atoms with Crippen molar-refractivity contribution in [1.82, 2.24) is 0 Å². The molecule has 1 N–H and O–H groups in total. The first-order valence-electron chi connectivity index (χ1n) is 5.68. The monoisotopic (exact) mass is 256 g/mol. The van der Waals surface area contributed by atoms with Gasteiger partial charge in [0.15, 0.2) is 17.4 Å². The largest absolute Gasteiger partial charge is 0.505 e. The molecule has 0 amide bonds.